The Kier molecular flexibility index (Phi) is 7.22. The molecule has 1 unspecified atom stereocenters. The van der Waals surface area contributed by atoms with Crippen LogP contribution in [0.15, 0.2) is 30.5 Å². The van der Waals surface area contributed by atoms with Crippen LogP contribution < -0.4 is 21.3 Å². The highest BCUT2D eigenvalue weighted by molar-refractivity contribution is 6.01. The number of carbonyl (C=O) groups is 4. The van der Waals surface area contributed by atoms with Crippen LogP contribution in [-0.4, -0.2) is 69.6 Å². The van der Waals surface area contributed by atoms with Gasteiger partial charge in [-0.1, -0.05) is 19.9 Å². The Balaban J connectivity index is 1.23. The summed E-state index contributed by atoms with van der Waals surface area (Å²) in [7, 11) is 3.31. The molecule has 3 aliphatic carbocycles. The highest BCUT2D eigenvalue weighted by Gasteiger charge is 2.53. The van der Waals surface area contributed by atoms with Crippen LogP contribution in [0, 0.1) is 23.7 Å². The summed E-state index contributed by atoms with van der Waals surface area (Å²) in [4.78, 5) is 55.2. The van der Waals surface area contributed by atoms with E-state index < -0.39 is 11.6 Å². The molecule has 4 aliphatic rings. The molecule has 11 nitrogen and oxygen atoms in total. The summed E-state index contributed by atoms with van der Waals surface area (Å²) in [5.41, 5.74) is 1.89. The molecule has 0 radical (unpaired) electrons. The molecule has 1 aromatic carbocycles. The van der Waals surface area contributed by atoms with Crippen LogP contribution in [0.4, 0.5) is 10.5 Å². The van der Waals surface area contributed by atoms with Gasteiger partial charge in [0.25, 0.3) is 5.91 Å². The van der Waals surface area contributed by atoms with Gasteiger partial charge < -0.3 is 26.2 Å². The van der Waals surface area contributed by atoms with Crippen molar-refractivity contribution in [3.8, 4) is 0 Å². The van der Waals surface area contributed by atoms with Crippen molar-refractivity contribution in [1.29, 1.82) is 0 Å². The summed E-state index contributed by atoms with van der Waals surface area (Å²) >= 11 is 0. The minimum Gasteiger partial charge on any atom is -0.357 e. The predicted octanol–water partition coefficient (Wildman–Crippen LogP) is 2.23. The zero-order chi connectivity index (χ0) is 29.8. The standard InChI is InChI=1S/C31H41N7O4/c1-17(2)23-16-38(30(42)35-23)31(29(41)32-3)14-20-9-10-22(13-21(20)15-31)34-28(40)26(25(18-5-6-18)19-7-8-19)36-27(39)24-11-12-33-37(24)4/h9-13,17-19,23,25-26H,5-8,14-16H2,1-4H3,(H,32,41)(H,34,40)(H,35,42)(H,36,39)/t23-,26-,31?/m0/s1. The quantitative estimate of drug-likeness (QED) is 0.344. The molecule has 2 saturated carbocycles. The van der Waals surface area contributed by atoms with Crippen LogP contribution in [0.25, 0.3) is 0 Å². The smallest absolute Gasteiger partial charge is 0.318 e. The number of fused-ring (bicyclic) bond motifs is 1. The fourth-order valence-electron chi connectivity index (χ4n) is 7.01. The second kappa shape index (κ2) is 10.7. The van der Waals surface area contributed by atoms with E-state index >= 15 is 0 Å². The molecule has 224 valence electrons. The molecule has 0 bridgehead atoms. The molecule has 42 heavy (non-hydrogen) atoms. The van der Waals surface area contributed by atoms with E-state index in [2.05, 4.69) is 40.2 Å². The average Bonchev–Trinajstić information content (AvgIpc) is 3.86. The van der Waals surface area contributed by atoms with Crippen LogP contribution in [0.3, 0.4) is 0 Å². The van der Waals surface area contributed by atoms with E-state index in [4.69, 9.17) is 0 Å². The average molecular weight is 576 g/mol. The van der Waals surface area contributed by atoms with Crippen LogP contribution in [0.1, 0.15) is 61.1 Å². The van der Waals surface area contributed by atoms with Gasteiger partial charge in [0.2, 0.25) is 11.8 Å². The van der Waals surface area contributed by atoms with E-state index in [1.54, 1.807) is 31.3 Å². The predicted molar refractivity (Wildman–Crippen MR) is 157 cm³/mol. The number of likely N-dealkylation sites (N-methyl/N-ethyl adjacent to an activating group) is 1. The summed E-state index contributed by atoms with van der Waals surface area (Å²) < 4.78 is 1.51. The molecule has 3 fully saturated rings. The van der Waals surface area contributed by atoms with Gasteiger partial charge in [-0.15, -0.1) is 0 Å². The lowest BCUT2D eigenvalue weighted by atomic mass is 9.88. The Morgan fingerprint density at radius 2 is 1.74 bits per heavy atom. The van der Waals surface area contributed by atoms with Crippen LogP contribution in [0.5, 0.6) is 0 Å². The van der Waals surface area contributed by atoms with Gasteiger partial charge in [-0.25, -0.2) is 4.79 Å². The molecular weight excluding hydrogens is 534 g/mol. The Bertz CT molecular complexity index is 1400. The van der Waals surface area contributed by atoms with Crippen molar-refractivity contribution >= 4 is 29.4 Å². The van der Waals surface area contributed by atoms with Gasteiger partial charge >= 0.3 is 6.03 Å². The van der Waals surface area contributed by atoms with Crippen LogP contribution >= 0.6 is 0 Å². The van der Waals surface area contributed by atoms with Crippen LogP contribution in [-0.2, 0) is 29.5 Å². The molecule has 2 aromatic rings. The first-order chi connectivity index (χ1) is 20.1. The highest BCUT2D eigenvalue weighted by Crippen LogP contribution is 2.51. The Labute approximate surface area is 246 Å². The number of carbonyl (C=O) groups excluding carboxylic acids is 4. The van der Waals surface area contributed by atoms with E-state index in [-0.39, 0.29) is 41.6 Å². The maximum atomic E-state index is 13.9. The summed E-state index contributed by atoms with van der Waals surface area (Å²) in [5, 5.41) is 16.1. The minimum absolute atomic E-state index is 0.0260. The van der Waals surface area contributed by atoms with Crippen molar-refractivity contribution in [2.24, 2.45) is 30.7 Å². The van der Waals surface area contributed by atoms with Crippen molar-refractivity contribution in [3.63, 3.8) is 0 Å². The highest BCUT2D eigenvalue weighted by atomic mass is 16.2. The summed E-state index contributed by atoms with van der Waals surface area (Å²) in [6, 6.07) is 6.43. The molecule has 4 N–H and O–H groups in total. The molecular formula is C31H41N7O4. The third-order valence-corrected chi connectivity index (χ3v) is 9.68. The molecule has 6 rings (SSSR count). The van der Waals surface area contributed by atoms with E-state index in [1.807, 2.05) is 18.2 Å². The number of nitrogens with one attached hydrogen (secondary N) is 4. The van der Waals surface area contributed by atoms with E-state index in [0.29, 0.717) is 42.6 Å². The number of anilines is 1. The fraction of sp³-hybridized carbons (Fsp3) is 0.581. The first-order valence-corrected chi connectivity index (χ1v) is 15.1. The Morgan fingerprint density at radius 1 is 1.05 bits per heavy atom. The van der Waals surface area contributed by atoms with E-state index in [9.17, 15) is 19.2 Å². The second-order valence-corrected chi connectivity index (χ2v) is 12.9. The normalized spacial score (nSPS) is 24.0. The molecule has 1 aliphatic heterocycles. The summed E-state index contributed by atoms with van der Waals surface area (Å²) in [5.74, 6) is 0.480. The SMILES string of the molecule is CNC(=O)C1(N2C[C@@H](C(C)C)NC2=O)Cc2ccc(NC(=O)[C@@H](NC(=O)c3ccnn3C)C(C3CC3)C3CC3)cc2C1. The molecule has 1 saturated heterocycles. The number of aryl methyl sites for hydroxylation is 1. The van der Waals surface area contributed by atoms with E-state index in [1.165, 1.54) is 4.68 Å². The van der Waals surface area contributed by atoms with Crippen molar-refractivity contribution in [2.45, 2.75) is 70.0 Å². The van der Waals surface area contributed by atoms with Gasteiger partial charge in [-0.05, 0) is 78.7 Å². The summed E-state index contributed by atoms with van der Waals surface area (Å²) in [6.45, 7) is 4.58. The maximum Gasteiger partial charge on any atom is 0.318 e. The van der Waals surface area contributed by atoms with Crippen molar-refractivity contribution in [3.05, 3.63) is 47.3 Å². The Morgan fingerprint density at radius 3 is 2.31 bits per heavy atom. The third kappa shape index (κ3) is 5.13. The molecule has 0 spiro atoms. The topological polar surface area (TPSA) is 137 Å². The first kappa shape index (κ1) is 28.2. The fourth-order valence-corrected chi connectivity index (χ4v) is 7.01. The largest absolute Gasteiger partial charge is 0.357 e. The van der Waals surface area contributed by atoms with Gasteiger partial charge in [-0.3, -0.25) is 19.1 Å². The lowest BCUT2D eigenvalue weighted by Crippen LogP contribution is -2.60. The number of hydrogen-bond donors (Lipinski definition) is 4. The number of hydrogen-bond acceptors (Lipinski definition) is 5. The Hall–Kier alpha value is -3.89. The molecule has 11 heteroatoms. The zero-order valence-electron chi connectivity index (χ0n) is 24.8. The number of urea groups is 1. The van der Waals surface area contributed by atoms with Crippen LogP contribution in [0.2, 0.25) is 0 Å². The number of benzene rings is 1. The first-order valence-electron chi connectivity index (χ1n) is 15.1. The lowest BCUT2D eigenvalue weighted by Gasteiger charge is -2.36. The molecule has 1 aromatic heterocycles. The minimum atomic E-state index is -1.03. The summed E-state index contributed by atoms with van der Waals surface area (Å²) in [6.07, 6.45) is 6.65. The van der Waals surface area contributed by atoms with E-state index in [0.717, 1.165) is 36.8 Å². The molecule has 5 amide bonds. The maximum absolute atomic E-state index is 13.9. The van der Waals surface area contributed by atoms with Gasteiger partial charge in [0.1, 0.15) is 17.3 Å². The third-order valence-electron chi connectivity index (χ3n) is 9.68. The zero-order valence-corrected chi connectivity index (χ0v) is 24.8. The van der Waals surface area contributed by atoms with Crippen molar-refractivity contribution < 1.29 is 19.2 Å². The van der Waals surface area contributed by atoms with Crippen molar-refractivity contribution in [1.82, 2.24) is 30.6 Å². The number of rotatable bonds is 10. The lowest BCUT2D eigenvalue weighted by molar-refractivity contribution is -0.130. The molecule has 3 atom stereocenters. The van der Waals surface area contributed by atoms with Gasteiger partial charge in [0, 0.05) is 45.4 Å². The second-order valence-electron chi connectivity index (χ2n) is 12.9. The number of aromatic nitrogens is 2. The number of nitrogens with zero attached hydrogens (tertiary/aromatic N) is 3. The van der Waals surface area contributed by atoms with Gasteiger partial charge in [0.15, 0.2) is 0 Å². The number of amides is 5. The monoisotopic (exact) mass is 575 g/mol. The van der Waals surface area contributed by atoms with Gasteiger partial charge in [0.05, 0.1) is 6.04 Å². The van der Waals surface area contributed by atoms with Gasteiger partial charge in [-0.2, -0.15) is 5.10 Å². The molecule has 2 heterocycles. The van der Waals surface area contributed by atoms with Crippen molar-refractivity contribution in [2.75, 3.05) is 18.9 Å².